The first-order chi connectivity index (χ1) is 16.2. The number of morpholine rings is 1. The summed E-state index contributed by atoms with van der Waals surface area (Å²) in [6.07, 6.45) is 2.71. The van der Waals surface area contributed by atoms with Gasteiger partial charge in [0, 0.05) is 37.4 Å². The Morgan fingerprint density at radius 1 is 0.824 bits per heavy atom. The first-order valence-corrected chi connectivity index (χ1v) is 14.2. The fourth-order valence-corrected chi connectivity index (χ4v) is 7.36. The first-order valence-electron chi connectivity index (χ1n) is 11.0. The molecule has 1 N–H and O–H groups in total. The van der Waals surface area contributed by atoms with E-state index in [4.69, 9.17) is 16.3 Å². The lowest BCUT2D eigenvalue weighted by Gasteiger charge is -2.26. The Kier molecular flexibility index (Phi) is 7.60. The largest absolute Gasteiger partial charge is 0.379 e. The van der Waals surface area contributed by atoms with Crippen molar-refractivity contribution >= 4 is 43.2 Å². The monoisotopic (exact) mass is 527 g/mol. The van der Waals surface area contributed by atoms with E-state index >= 15 is 0 Å². The molecule has 0 atom stereocenters. The molecule has 0 bridgehead atoms. The maximum absolute atomic E-state index is 13.0. The van der Waals surface area contributed by atoms with Crippen molar-refractivity contribution < 1.29 is 26.4 Å². The van der Waals surface area contributed by atoms with Crippen molar-refractivity contribution in [3.63, 3.8) is 0 Å². The SMILES string of the molecule is O=C(Nc1ccc(S(=O)(=O)N2CCCCC2)cc1)c1ccc(Cl)c(S(=O)(=O)N2CCOCC2)c1. The van der Waals surface area contributed by atoms with E-state index in [2.05, 4.69) is 5.32 Å². The maximum Gasteiger partial charge on any atom is 0.255 e. The Morgan fingerprint density at radius 2 is 1.44 bits per heavy atom. The Balaban J connectivity index is 1.50. The van der Waals surface area contributed by atoms with Crippen LogP contribution in [0.2, 0.25) is 5.02 Å². The summed E-state index contributed by atoms with van der Waals surface area (Å²) in [6.45, 7) is 2.02. The molecule has 0 spiro atoms. The van der Waals surface area contributed by atoms with Gasteiger partial charge in [0.05, 0.1) is 23.1 Å². The van der Waals surface area contributed by atoms with Crippen LogP contribution < -0.4 is 5.32 Å². The van der Waals surface area contributed by atoms with Crippen LogP contribution in [-0.2, 0) is 24.8 Å². The summed E-state index contributed by atoms with van der Waals surface area (Å²) >= 11 is 6.16. The summed E-state index contributed by atoms with van der Waals surface area (Å²) < 4.78 is 59.5. The molecule has 9 nitrogen and oxygen atoms in total. The minimum Gasteiger partial charge on any atom is -0.379 e. The molecule has 2 heterocycles. The number of benzene rings is 2. The molecule has 2 fully saturated rings. The van der Waals surface area contributed by atoms with Crippen molar-refractivity contribution in [3.8, 4) is 0 Å². The van der Waals surface area contributed by atoms with E-state index in [0.29, 0.717) is 32.0 Å². The summed E-state index contributed by atoms with van der Waals surface area (Å²) in [4.78, 5) is 12.8. The van der Waals surface area contributed by atoms with Crippen molar-refractivity contribution in [1.82, 2.24) is 8.61 Å². The van der Waals surface area contributed by atoms with Crippen LogP contribution in [-0.4, -0.2) is 70.7 Å². The number of piperidine rings is 1. The molecule has 2 saturated heterocycles. The highest BCUT2D eigenvalue weighted by Crippen LogP contribution is 2.27. The van der Waals surface area contributed by atoms with Crippen LogP contribution in [0.1, 0.15) is 29.6 Å². The molecular formula is C22H26ClN3O6S2. The summed E-state index contributed by atoms with van der Waals surface area (Å²) in [7, 11) is -7.46. The fourth-order valence-electron chi connectivity index (χ4n) is 3.94. The average molecular weight is 528 g/mol. The molecule has 2 aliphatic rings. The number of carbonyl (C=O) groups excluding carboxylic acids is 1. The number of rotatable bonds is 6. The van der Waals surface area contributed by atoms with E-state index in [1.54, 1.807) is 0 Å². The van der Waals surface area contributed by atoms with Gasteiger partial charge in [-0.15, -0.1) is 0 Å². The first kappa shape index (κ1) is 25.1. The van der Waals surface area contributed by atoms with Crippen molar-refractivity contribution in [2.24, 2.45) is 0 Å². The van der Waals surface area contributed by atoms with Crippen molar-refractivity contribution in [2.75, 3.05) is 44.7 Å². The predicted molar refractivity (Wildman–Crippen MR) is 128 cm³/mol. The molecule has 184 valence electrons. The Morgan fingerprint density at radius 3 is 2.09 bits per heavy atom. The Bertz CT molecular complexity index is 1250. The van der Waals surface area contributed by atoms with Gasteiger partial charge in [0.2, 0.25) is 20.0 Å². The normalized spacial score (nSPS) is 18.5. The number of amides is 1. The van der Waals surface area contributed by atoms with E-state index in [0.717, 1.165) is 19.3 Å². The molecule has 4 rings (SSSR count). The molecule has 1 amide bonds. The lowest BCUT2D eigenvalue weighted by Crippen LogP contribution is -2.40. The Hall–Kier alpha value is -2.02. The van der Waals surface area contributed by atoms with Crippen LogP contribution in [0.5, 0.6) is 0 Å². The number of nitrogens with zero attached hydrogens (tertiary/aromatic N) is 2. The van der Waals surface area contributed by atoms with E-state index < -0.39 is 26.0 Å². The summed E-state index contributed by atoms with van der Waals surface area (Å²) in [5.41, 5.74) is 0.497. The molecule has 2 aliphatic heterocycles. The van der Waals surface area contributed by atoms with Gasteiger partial charge in [-0.1, -0.05) is 18.0 Å². The molecule has 34 heavy (non-hydrogen) atoms. The zero-order chi connectivity index (χ0) is 24.3. The molecular weight excluding hydrogens is 502 g/mol. The molecule has 0 unspecified atom stereocenters. The molecule has 0 radical (unpaired) electrons. The fraction of sp³-hybridized carbons (Fsp3) is 0.409. The average Bonchev–Trinajstić information content (AvgIpc) is 2.85. The summed E-state index contributed by atoms with van der Waals surface area (Å²) in [5.74, 6) is -0.540. The molecule has 0 aromatic heterocycles. The van der Waals surface area contributed by atoms with E-state index in [-0.39, 0.29) is 33.5 Å². The van der Waals surface area contributed by atoms with Crippen LogP contribution in [0.4, 0.5) is 5.69 Å². The number of hydrogen-bond donors (Lipinski definition) is 1. The third-order valence-corrected chi connectivity index (χ3v) is 10.1. The van der Waals surface area contributed by atoms with Gasteiger partial charge in [-0.25, -0.2) is 16.8 Å². The minimum absolute atomic E-state index is 0.0234. The quantitative estimate of drug-likeness (QED) is 0.618. The standard InChI is InChI=1S/C22H26ClN3O6S2/c23-20-9-4-17(16-21(20)34(30,31)26-12-14-32-15-13-26)22(27)24-18-5-7-19(8-6-18)33(28,29)25-10-2-1-3-11-25/h4-9,16H,1-3,10-15H2,(H,24,27). The van der Waals surface area contributed by atoms with Crippen LogP contribution >= 0.6 is 11.6 Å². The van der Waals surface area contributed by atoms with Gasteiger partial charge in [-0.05, 0) is 55.3 Å². The number of ether oxygens (including phenoxy) is 1. The van der Waals surface area contributed by atoms with Crippen molar-refractivity contribution in [3.05, 3.63) is 53.1 Å². The second-order valence-electron chi connectivity index (χ2n) is 8.10. The van der Waals surface area contributed by atoms with Crippen molar-refractivity contribution in [2.45, 2.75) is 29.1 Å². The highest BCUT2D eigenvalue weighted by molar-refractivity contribution is 7.89. The highest BCUT2D eigenvalue weighted by atomic mass is 35.5. The third-order valence-electron chi connectivity index (χ3n) is 5.85. The topological polar surface area (TPSA) is 113 Å². The second-order valence-corrected chi connectivity index (χ2v) is 12.4. The Labute approximate surface area is 204 Å². The van der Waals surface area contributed by atoms with Gasteiger partial charge in [-0.2, -0.15) is 8.61 Å². The number of anilines is 1. The summed E-state index contributed by atoms with van der Waals surface area (Å²) in [6, 6.07) is 9.98. The molecule has 2 aromatic carbocycles. The lowest BCUT2D eigenvalue weighted by molar-refractivity contribution is 0.0730. The van der Waals surface area contributed by atoms with Gasteiger partial charge in [-0.3, -0.25) is 4.79 Å². The van der Waals surface area contributed by atoms with Crippen LogP contribution in [0.15, 0.2) is 52.3 Å². The number of carbonyl (C=O) groups is 1. The highest BCUT2D eigenvalue weighted by Gasteiger charge is 2.29. The number of halogens is 1. The van der Waals surface area contributed by atoms with Gasteiger partial charge in [0.15, 0.2) is 0 Å². The second kappa shape index (κ2) is 10.3. The van der Waals surface area contributed by atoms with Crippen LogP contribution in [0.3, 0.4) is 0 Å². The van der Waals surface area contributed by atoms with E-state index in [1.165, 1.54) is 51.1 Å². The third kappa shape index (κ3) is 5.29. The van der Waals surface area contributed by atoms with Crippen LogP contribution in [0.25, 0.3) is 0 Å². The smallest absolute Gasteiger partial charge is 0.255 e. The molecule has 0 saturated carbocycles. The molecule has 12 heteroatoms. The predicted octanol–water partition coefficient (Wildman–Crippen LogP) is 2.79. The zero-order valence-electron chi connectivity index (χ0n) is 18.4. The van der Waals surface area contributed by atoms with Gasteiger partial charge < -0.3 is 10.1 Å². The number of nitrogens with one attached hydrogen (secondary N) is 1. The molecule has 0 aliphatic carbocycles. The van der Waals surface area contributed by atoms with Crippen molar-refractivity contribution in [1.29, 1.82) is 0 Å². The van der Waals surface area contributed by atoms with Gasteiger partial charge in [0.1, 0.15) is 4.90 Å². The lowest BCUT2D eigenvalue weighted by atomic mass is 10.2. The zero-order valence-corrected chi connectivity index (χ0v) is 20.8. The van der Waals surface area contributed by atoms with Crippen LogP contribution in [0, 0.1) is 0 Å². The van der Waals surface area contributed by atoms with E-state index in [9.17, 15) is 21.6 Å². The number of sulfonamides is 2. The van der Waals surface area contributed by atoms with E-state index in [1.807, 2.05) is 0 Å². The minimum atomic E-state index is -3.88. The number of hydrogen-bond acceptors (Lipinski definition) is 6. The van der Waals surface area contributed by atoms with Gasteiger partial charge in [0.25, 0.3) is 5.91 Å². The molecule has 2 aromatic rings. The maximum atomic E-state index is 13.0. The van der Waals surface area contributed by atoms with Gasteiger partial charge >= 0.3 is 0 Å². The summed E-state index contributed by atoms with van der Waals surface area (Å²) in [5, 5.41) is 2.70.